The number of piperidine rings is 1. The zero-order valence-corrected chi connectivity index (χ0v) is 17.1. The molecule has 1 aromatic rings. The summed E-state index contributed by atoms with van der Waals surface area (Å²) in [5.41, 5.74) is 0.523. The van der Waals surface area contributed by atoms with Crippen LogP contribution >= 0.6 is 0 Å². The Labute approximate surface area is 161 Å². The molecular weight excluding hydrogens is 368 g/mol. The van der Waals surface area contributed by atoms with Crippen LogP contribution in [0.5, 0.6) is 11.5 Å². The topological polar surface area (TPSA) is 84.9 Å². The molecular formula is C19H28N2O5S. The molecule has 3 rings (SSSR count). The van der Waals surface area contributed by atoms with E-state index in [1.54, 1.807) is 7.11 Å². The molecule has 1 saturated heterocycles. The molecule has 0 bridgehead atoms. The Bertz CT molecular complexity index is 813. The van der Waals surface area contributed by atoms with Crippen LogP contribution in [0.15, 0.2) is 18.2 Å². The van der Waals surface area contributed by atoms with Gasteiger partial charge in [-0.3, -0.25) is 4.79 Å². The smallest absolute Gasteiger partial charge is 0.223 e. The number of fused-ring (bicyclic) bond motifs is 1. The summed E-state index contributed by atoms with van der Waals surface area (Å²) in [5, 5.41) is 3.16. The fraction of sp³-hybridized carbons (Fsp3) is 0.632. The van der Waals surface area contributed by atoms with Gasteiger partial charge in [-0.2, -0.15) is 0 Å². The van der Waals surface area contributed by atoms with E-state index in [0.29, 0.717) is 32.4 Å². The third kappa shape index (κ3) is 4.55. The van der Waals surface area contributed by atoms with Crippen molar-refractivity contribution in [3.05, 3.63) is 23.8 Å². The lowest BCUT2D eigenvalue weighted by Crippen LogP contribution is -2.46. The van der Waals surface area contributed by atoms with Crippen molar-refractivity contribution in [3.8, 4) is 11.5 Å². The van der Waals surface area contributed by atoms with Crippen molar-refractivity contribution >= 4 is 15.9 Å². The van der Waals surface area contributed by atoms with E-state index in [2.05, 4.69) is 5.32 Å². The average Bonchev–Trinajstić information content (AvgIpc) is 2.60. The number of ether oxygens (including phenoxy) is 2. The number of nitrogens with zero attached hydrogens (tertiary/aromatic N) is 1. The van der Waals surface area contributed by atoms with Gasteiger partial charge in [0.15, 0.2) is 0 Å². The lowest BCUT2D eigenvalue weighted by Gasteiger charge is -2.39. The van der Waals surface area contributed by atoms with Crippen molar-refractivity contribution in [1.29, 1.82) is 0 Å². The van der Waals surface area contributed by atoms with Crippen molar-refractivity contribution < 1.29 is 22.7 Å². The lowest BCUT2D eigenvalue weighted by atomic mass is 9.88. The first-order valence-corrected chi connectivity index (χ1v) is 11.1. The third-order valence-corrected chi connectivity index (χ3v) is 6.59. The largest absolute Gasteiger partial charge is 0.497 e. The molecule has 27 heavy (non-hydrogen) atoms. The van der Waals surface area contributed by atoms with Gasteiger partial charge in [0.25, 0.3) is 0 Å². The normalized spacial score (nSPS) is 23.2. The molecule has 8 heteroatoms. The number of sulfonamides is 1. The number of amides is 1. The highest BCUT2D eigenvalue weighted by Gasteiger charge is 2.36. The number of hydrogen-bond acceptors (Lipinski definition) is 5. The second kappa shape index (κ2) is 7.31. The zero-order chi connectivity index (χ0) is 19.8. The summed E-state index contributed by atoms with van der Waals surface area (Å²) in [6.07, 6.45) is 2.94. The first-order valence-electron chi connectivity index (χ1n) is 9.21. The fourth-order valence-electron chi connectivity index (χ4n) is 3.83. The van der Waals surface area contributed by atoms with Gasteiger partial charge < -0.3 is 14.8 Å². The van der Waals surface area contributed by atoms with Gasteiger partial charge >= 0.3 is 0 Å². The van der Waals surface area contributed by atoms with Gasteiger partial charge in [-0.05, 0) is 44.9 Å². The van der Waals surface area contributed by atoms with E-state index < -0.39 is 10.0 Å². The van der Waals surface area contributed by atoms with Crippen LogP contribution in [0.1, 0.15) is 44.7 Å². The molecule has 0 aliphatic carbocycles. The van der Waals surface area contributed by atoms with E-state index in [-0.39, 0.29) is 23.5 Å². The van der Waals surface area contributed by atoms with Gasteiger partial charge in [0.1, 0.15) is 17.1 Å². The van der Waals surface area contributed by atoms with Crippen LogP contribution in [0.25, 0.3) is 0 Å². The summed E-state index contributed by atoms with van der Waals surface area (Å²) in [6, 6.07) is 5.46. The minimum absolute atomic E-state index is 0.0281. The molecule has 1 N–H and O–H groups in total. The molecule has 2 aliphatic heterocycles. The predicted molar refractivity (Wildman–Crippen MR) is 102 cm³/mol. The maximum atomic E-state index is 12.8. The molecule has 1 atom stereocenters. The summed E-state index contributed by atoms with van der Waals surface area (Å²) in [7, 11) is -1.58. The number of benzene rings is 1. The molecule has 7 nitrogen and oxygen atoms in total. The third-order valence-electron chi connectivity index (χ3n) is 5.28. The van der Waals surface area contributed by atoms with E-state index in [1.807, 2.05) is 32.0 Å². The van der Waals surface area contributed by atoms with Gasteiger partial charge in [0, 0.05) is 31.0 Å². The first kappa shape index (κ1) is 19.9. The van der Waals surface area contributed by atoms with Crippen LogP contribution in [0.2, 0.25) is 0 Å². The Morgan fingerprint density at radius 1 is 1.30 bits per heavy atom. The average molecular weight is 397 g/mol. The monoisotopic (exact) mass is 396 g/mol. The Morgan fingerprint density at radius 3 is 2.56 bits per heavy atom. The summed E-state index contributed by atoms with van der Waals surface area (Å²) < 4.78 is 36.1. The van der Waals surface area contributed by atoms with Crippen molar-refractivity contribution in [2.45, 2.75) is 44.8 Å². The Hall–Kier alpha value is -1.80. The van der Waals surface area contributed by atoms with E-state index in [1.165, 1.54) is 10.6 Å². The van der Waals surface area contributed by atoms with Gasteiger partial charge in [0.05, 0.1) is 19.4 Å². The molecule has 0 radical (unpaired) electrons. The molecule has 1 amide bonds. The van der Waals surface area contributed by atoms with Crippen molar-refractivity contribution in [1.82, 2.24) is 9.62 Å². The minimum atomic E-state index is -3.19. The minimum Gasteiger partial charge on any atom is -0.497 e. The number of hydrogen-bond donors (Lipinski definition) is 1. The summed E-state index contributed by atoms with van der Waals surface area (Å²) in [5.74, 6) is 1.27. The predicted octanol–water partition coefficient (Wildman–Crippen LogP) is 2.09. The van der Waals surface area contributed by atoms with Crippen LogP contribution in [-0.2, 0) is 14.8 Å². The molecule has 0 spiro atoms. The van der Waals surface area contributed by atoms with E-state index in [9.17, 15) is 13.2 Å². The highest BCUT2D eigenvalue weighted by molar-refractivity contribution is 7.88. The summed E-state index contributed by atoms with van der Waals surface area (Å²) in [6.45, 7) is 4.79. The molecule has 150 valence electrons. The quantitative estimate of drug-likeness (QED) is 0.842. The van der Waals surface area contributed by atoms with Crippen LogP contribution in [-0.4, -0.2) is 50.7 Å². The number of carbonyl (C=O) groups is 1. The molecule has 0 saturated carbocycles. The van der Waals surface area contributed by atoms with Crippen molar-refractivity contribution in [2.24, 2.45) is 5.92 Å². The molecule has 0 aromatic heterocycles. The zero-order valence-electron chi connectivity index (χ0n) is 16.3. The first-order chi connectivity index (χ1) is 12.6. The highest BCUT2D eigenvalue weighted by atomic mass is 32.2. The standard InChI is InChI=1S/C19H28N2O5S/c1-19(2)12-16(15-11-14(25-3)5-6-17(15)26-19)20-18(22)13-7-9-21(10-8-13)27(4,23)24/h5-6,11,13,16H,7-10,12H2,1-4H3,(H,20,22)/t16-/m1/s1. The Balaban J connectivity index is 1.73. The van der Waals surface area contributed by atoms with E-state index >= 15 is 0 Å². The van der Waals surface area contributed by atoms with Gasteiger partial charge in [0.2, 0.25) is 15.9 Å². The fourth-order valence-corrected chi connectivity index (χ4v) is 4.70. The SMILES string of the molecule is COc1ccc2c(c1)[C@H](NC(=O)C1CCN(S(C)(=O)=O)CC1)CC(C)(C)O2. The lowest BCUT2D eigenvalue weighted by molar-refractivity contribution is -0.127. The van der Waals surface area contributed by atoms with Gasteiger partial charge in [-0.1, -0.05) is 0 Å². The maximum absolute atomic E-state index is 12.8. The highest BCUT2D eigenvalue weighted by Crippen LogP contribution is 2.41. The number of nitrogens with one attached hydrogen (secondary N) is 1. The van der Waals surface area contributed by atoms with Crippen molar-refractivity contribution in [3.63, 3.8) is 0 Å². The van der Waals surface area contributed by atoms with Crippen LogP contribution in [0.4, 0.5) is 0 Å². The summed E-state index contributed by atoms with van der Waals surface area (Å²) >= 11 is 0. The maximum Gasteiger partial charge on any atom is 0.223 e. The molecule has 2 aliphatic rings. The van der Waals surface area contributed by atoms with Crippen LogP contribution < -0.4 is 14.8 Å². The molecule has 1 aromatic carbocycles. The Kier molecular flexibility index (Phi) is 5.40. The van der Waals surface area contributed by atoms with E-state index in [0.717, 1.165) is 17.1 Å². The van der Waals surface area contributed by atoms with Gasteiger partial charge in [-0.25, -0.2) is 12.7 Å². The van der Waals surface area contributed by atoms with E-state index in [4.69, 9.17) is 9.47 Å². The number of methoxy groups -OCH3 is 1. The van der Waals surface area contributed by atoms with Crippen molar-refractivity contribution in [2.75, 3.05) is 26.5 Å². The molecule has 0 unspecified atom stereocenters. The van der Waals surface area contributed by atoms with Crippen LogP contribution in [0, 0.1) is 5.92 Å². The number of carbonyl (C=O) groups excluding carboxylic acids is 1. The number of rotatable bonds is 4. The Morgan fingerprint density at radius 2 is 1.96 bits per heavy atom. The second-order valence-electron chi connectivity index (χ2n) is 7.97. The van der Waals surface area contributed by atoms with Crippen LogP contribution in [0.3, 0.4) is 0 Å². The molecule has 1 fully saturated rings. The second-order valence-corrected chi connectivity index (χ2v) is 9.95. The van der Waals surface area contributed by atoms with Gasteiger partial charge in [-0.15, -0.1) is 0 Å². The summed E-state index contributed by atoms with van der Waals surface area (Å²) in [4.78, 5) is 12.8. The molecule has 2 heterocycles.